The minimum atomic E-state index is -1.31. The van der Waals surface area contributed by atoms with Crippen LogP contribution in [0.1, 0.15) is 15.9 Å². The topological polar surface area (TPSA) is 66.1 Å². The summed E-state index contributed by atoms with van der Waals surface area (Å²) in [5.74, 6) is -1.31. The number of aryl methyl sites for hydroxylation is 1. The van der Waals surface area contributed by atoms with Crippen molar-refractivity contribution in [3.8, 4) is 0 Å². The fraction of sp³-hybridized carbons (Fsp3) is 0.125. The number of rotatable bonds is 1. The molecule has 0 bridgehead atoms. The van der Waals surface area contributed by atoms with Gasteiger partial charge in [0.2, 0.25) is 0 Å². The van der Waals surface area contributed by atoms with Gasteiger partial charge in [0.15, 0.2) is 0 Å². The zero-order valence-corrected chi connectivity index (χ0v) is 7.18. The second kappa shape index (κ2) is 3.03. The largest absolute Gasteiger partial charge is 0.545 e. The van der Waals surface area contributed by atoms with E-state index in [0.717, 1.165) is 0 Å². The number of aromatic carboxylic acids is 1. The van der Waals surface area contributed by atoms with Crippen LogP contribution in [0.15, 0.2) is 12.1 Å². The highest BCUT2D eigenvalue weighted by molar-refractivity contribution is 6.31. The Bertz CT molecular complexity index is 336. The lowest BCUT2D eigenvalue weighted by Crippen LogP contribution is -2.23. The van der Waals surface area contributed by atoms with E-state index in [1.165, 1.54) is 6.07 Å². The van der Waals surface area contributed by atoms with Crippen LogP contribution < -0.4 is 10.8 Å². The molecule has 0 aromatic heterocycles. The van der Waals surface area contributed by atoms with Gasteiger partial charge in [-0.05, 0) is 24.6 Å². The van der Waals surface area contributed by atoms with Gasteiger partial charge in [-0.1, -0.05) is 11.6 Å². The molecule has 1 aromatic rings. The molecule has 0 atom stereocenters. The first-order chi connectivity index (χ1) is 5.52. The van der Waals surface area contributed by atoms with Gasteiger partial charge >= 0.3 is 0 Å². The molecule has 0 saturated heterocycles. The van der Waals surface area contributed by atoms with Crippen LogP contribution in [0.5, 0.6) is 0 Å². The molecule has 4 heteroatoms. The molecule has 0 amide bonds. The Morgan fingerprint density at radius 1 is 1.58 bits per heavy atom. The van der Waals surface area contributed by atoms with Crippen molar-refractivity contribution in [3.05, 3.63) is 28.3 Å². The highest BCUT2D eigenvalue weighted by Gasteiger charge is 2.04. The fourth-order valence-electron chi connectivity index (χ4n) is 0.923. The molecular weight excluding hydrogens is 178 g/mol. The Balaban J connectivity index is 3.37. The predicted octanol–water partition coefficient (Wildman–Crippen LogP) is 0.594. The monoisotopic (exact) mass is 184 g/mol. The van der Waals surface area contributed by atoms with Crippen LogP contribution >= 0.6 is 11.6 Å². The van der Waals surface area contributed by atoms with Crippen LogP contribution in [0.3, 0.4) is 0 Å². The summed E-state index contributed by atoms with van der Waals surface area (Å²) in [6.07, 6.45) is 0. The molecule has 64 valence electrons. The Morgan fingerprint density at radius 3 is 2.67 bits per heavy atom. The SMILES string of the molecule is Cc1cc(Cl)cc(C(=O)[O-])c1N. The summed E-state index contributed by atoms with van der Waals surface area (Å²) in [6.45, 7) is 1.69. The van der Waals surface area contributed by atoms with Crippen molar-refractivity contribution in [2.75, 3.05) is 5.73 Å². The van der Waals surface area contributed by atoms with Crippen LogP contribution in [0.4, 0.5) is 5.69 Å². The molecule has 2 N–H and O–H groups in total. The Labute approximate surface area is 74.8 Å². The van der Waals surface area contributed by atoms with E-state index < -0.39 is 5.97 Å². The highest BCUT2D eigenvalue weighted by atomic mass is 35.5. The lowest BCUT2D eigenvalue weighted by atomic mass is 10.1. The molecule has 1 aromatic carbocycles. The maximum absolute atomic E-state index is 10.5. The summed E-state index contributed by atoms with van der Waals surface area (Å²) < 4.78 is 0. The summed E-state index contributed by atoms with van der Waals surface area (Å²) in [7, 11) is 0. The van der Waals surface area contributed by atoms with Gasteiger partial charge < -0.3 is 15.6 Å². The number of carboxylic acid groups (broad SMARTS) is 1. The summed E-state index contributed by atoms with van der Waals surface area (Å²) in [5, 5.41) is 10.8. The zero-order chi connectivity index (χ0) is 9.30. The second-order valence-corrected chi connectivity index (χ2v) is 2.91. The lowest BCUT2D eigenvalue weighted by molar-refractivity contribution is -0.254. The van der Waals surface area contributed by atoms with E-state index >= 15 is 0 Å². The van der Waals surface area contributed by atoms with Gasteiger partial charge in [-0.15, -0.1) is 0 Å². The molecule has 0 saturated carbocycles. The fourth-order valence-corrected chi connectivity index (χ4v) is 1.20. The standard InChI is InChI=1S/C8H8ClNO2/c1-4-2-5(9)3-6(7(4)10)8(11)12/h2-3H,10H2,1H3,(H,11,12)/p-1. The Kier molecular flexibility index (Phi) is 2.24. The third-order valence-electron chi connectivity index (χ3n) is 1.57. The average molecular weight is 185 g/mol. The van der Waals surface area contributed by atoms with E-state index in [1.807, 2.05) is 0 Å². The van der Waals surface area contributed by atoms with Crippen molar-refractivity contribution in [1.82, 2.24) is 0 Å². The van der Waals surface area contributed by atoms with E-state index in [1.54, 1.807) is 13.0 Å². The van der Waals surface area contributed by atoms with Crippen molar-refractivity contribution >= 4 is 23.3 Å². The summed E-state index contributed by atoms with van der Waals surface area (Å²) in [6, 6.07) is 2.88. The molecule has 3 nitrogen and oxygen atoms in total. The Morgan fingerprint density at radius 2 is 2.17 bits per heavy atom. The second-order valence-electron chi connectivity index (χ2n) is 2.47. The Hall–Kier alpha value is -1.22. The van der Waals surface area contributed by atoms with E-state index in [0.29, 0.717) is 10.6 Å². The summed E-state index contributed by atoms with van der Waals surface area (Å²) in [4.78, 5) is 10.5. The third-order valence-corrected chi connectivity index (χ3v) is 1.79. The predicted molar refractivity (Wildman–Crippen MR) is 44.9 cm³/mol. The molecule has 0 fully saturated rings. The molecule has 0 aliphatic rings. The first kappa shape index (κ1) is 8.87. The van der Waals surface area contributed by atoms with Gasteiger partial charge in [0.1, 0.15) is 0 Å². The highest BCUT2D eigenvalue weighted by Crippen LogP contribution is 2.21. The van der Waals surface area contributed by atoms with E-state index in [9.17, 15) is 9.90 Å². The summed E-state index contributed by atoms with van der Waals surface area (Å²) in [5.41, 5.74) is 6.27. The van der Waals surface area contributed by atoms with Crippen molar-refractivity contribution in [2.45, 2.75) is 6.92 Å². The number of anilines is 1. The number of benzene rings is 1. The van der Waals surface area contributed by atoms with Gasteiger partial charge in [-0.2, -0.15) is 0 Å². The van der Waals surface area contributed by atoms with Crippen LogP contribution in [-0.4, -0.2) is 5.97 Å². The maximum atomic E-state index is 10.5. The van der Waals surface area contributed by atoms with Gasteiger partial charge in [-0.3, -0.25) is 0 Å². The molecule has 0 aliphatic carbocycles. The third kappa shape index (κ3) is 1.51. The van der Waals surface area contributed by atoms with Crippen LogP contribution in [-0.2, 0) is 0 Å². The van der Waals surface area contributed by atoms with Crippen molar-refractivity contribution in [3.63, 3.8) is 0 Å². The average Bonchev–Trinajstić information content (AvgIpc) is 1.96. The van der Waals surface area contributed by atoms with Crippen LogP contribution in [0.2, 0.25) is 5.02 Å². The smallest absolute Gasteiger partial charge is 0.0736 e. The molecule has 0 aliphatic heterocycles. The first-order valence-electron chi connectivity index (χ1n) is 3.29. The molecule has 0 spiro atoms. The number of carbonyl (C=O) groups excluding carboxylic acids is 1. The van der Waals surface area contributed by atoms with E-state index in [-0.39, 0.29) is 11.3 Å². The molecule has 0 unspecified atom stereocenters. The molecule has 0 heterocycles. The minimum Gasteiger partial charge on any atom is -0.545 e. The molecular formula is C8H7ClNO2-. The molecule has 1 rings (SSSR count). The van der Waals surface area contributed by atoms with Gasteiger partial charge in [0, 0.05) is 16.3 Å². The van der Waals surface area contributed by atoms with Crippen LogP contribution in [0, 0.1) is 6.92 Å². The molecule has 12 heavy (non-hydrogen) atoms. The van der Waals surface area contributed by atoms with Crippen LogP contribution in [0.25, 0.3) is 0 Å². The maximum Gasteiger partial charge on any atom is 0.0736 e. The summed E-state index contributed by atoms with van der Waals surface area (Å²) >= 11 is 5.62. The number of carbonyl (C=O) groups is 1. The van der Waals surface area contributed by atoms with Crippen molar-refractivity contribution < 1.29 is 9.90 Å². The number of nitrogen functional groups attached to an aromatic ring is 1. The van der Waals surface area contributed by atoms with Crippen molar-refractivity contribution in [2.24, 2.45) is 0 Å². The van der Waals surface area contributed by atoms with Crippen molar-refractivity contribution in [1.29, 1.82) is 0 Å². The zero-order valence-electron chi connectivity index (χ0n) is 6.43. The number of hydrogen-bond acceptors (Lipinski definition) is 3. The number of hydrogen-bond donors (Lipinski definition) is 1. The van der Waals surface area contributed by atoms with E-state index in [4.69, 9.17) is 17.3 Å². The van der Waals surface area contributed by atoms with Gasteiger partial charge in [-0.25, -0.2) is 0 Å². The van der Waals surface area contributed by atoms with Gasteiger partial charge in [0.05, 0.1) is 5.97 Å². The van der Waals surface area contributed by atoms with E-state index in [2.05, 4.69) is 0 Å². The quantitative estimate of drug-likeness (QED) is 0.650. The number of nitrogens with two attached hydrogens (primary N) is 1. The first-order valence-corrected chi connectivity index (χ1v) is 3.67. The number of halogens is 1. The lowest BCUT2D eigenvalue weighted by Gasteiger charge is -2.09. The molecule has 0 radical (unpaired) electrons. The minimum absolute atomic E-state index is 0.0556. The normalized spacial score (nSPS) is 9.83. The number of carboxylic acids is 1. The van der Waals surface area contributed by atoms with Gasteiger partial charge in [0.25, 0.3) is 0 Å².